The Kier molecular flexibility index (Phi) is 4.89. The van der Waals surface area contributed by atoms with Gasteiger partial charge in [0.2, 0.25) is 0 Å². The topological polar surface area (TPSA) is 93.4 Å². The quantitative estimate of drug-likeness (QED) is 0.867. The average Bonchev–Trinajstić information content (AvgIpc) is 2.37. The second-order valence-electron chi connectivity index (χ2n) is 4.04. The summed E-state index contributed by atoms with van der Waals surface area (Å²) in [7, 11) is 1.57. The third-order valence-corrected chi connectivity index (χ3v) is 2.71. The van der Waals surface area contributed by atoms with Crippen molar-refractivity contribution in [2.24, 2.45) is 0 Å². The van der Waals surface area contributed by atoms with Gasteiger partial charge in [-0.15, -0.1) is 0 Å². The second-order valence-corrected chi connectivity index (χ2v) is 4.04. The van der Waals surface area contributed by atoms with Crippen LogP contribution in [0, 0.1) is 18.3 Å². The lowest BCUT2D eigenvalue weighted by Gasteiger charge is -2.18. The van der Waals surface area contributed by atoms with Gasteiger partial charge in [0.05, 0.1) is 18.1 Å². The monoisotopic (exact) mass is 261 g/mol. The van der Waals surface area contributed by atoms with Crippen molar-refractivity contribution in [2.45, 2.75) is 13.3 Å². The number of benzene rings is 1. The van der Waals surface area contributed by atoms with E-state index in [4.69, 9.17) is 10.4 Å². The Bertz CT molecular complexity index is 534. The lowest BCUT2D eigenvalue weighted by atomic mass is 10.1. The molecular formula is C13H15N3O3. The number of anilines is 1. The van der Waals surface area contributed by atoms with Crippen LogP contribution in [0.1, 0.15) is 22.3 Å². The van der Waals surface area contributed by atoms with Crippen LogP contribution in [0.4, 0.5) is 10.5 Å². The summed E-state index contributed by atoms with van der Waals surface area (Å²) in [6.45, 7) is 1.95. The lowest BCUT2D eigenvalue weighted by molar-refractivity contribution is 0.0696. The molecule has 0 aromatic heterocycles. The van der Waals surface area contributed by atoms with E-state index in [1.54, 1.807) is 26.1 Å². The first-order chi connectivity index (χ1) is 8.97. The van der Waals surface area contributed by atoms with E-state index < -0.39 is 5.97 Å². The van der Waals surface area contributed by atoms with Crippen LogP contribution in [-0.4, -0.2) is 35.6 Å². The van der Waals surface area contributed by atoms with E-state index in [1.807, 2.05) is 6.07 Å². The highest BCUT2D eigenvalue weighted by Crippen LogP contribution is 2.19. The third-order valence-electron chi connectivity index (χ3n) is 2.71. The number of carbonyl (C=O) groups is 2. The number of carboxylic acids is 1. The number of rotatable bonds is 4. The molecule has 2 N–H and O–H groups in total. The molecule has 0 aliphatic rings. The van der Waals surface area contributed by atoms with Crippen LogP contribution >= 0.6 is 0 Å². The van der Waals surface area contributed by atoms with Gasteiger partial charge in [0.15, 0.2) is 0 Å². The van der Waals surface area contributed by atoms with E-state index in [-0.39, 0.29) is 18.0 Å². The minimum absolute atomic E-state index is 0.150. The Morgan fingerprint density at radius 2 is 2.16 bits per heavy atom. The Balaban J connectivity index is 2.83. The fourth-order valence-corrected chi connectivity index (χ4v) is 1.53. The van der Waals surface area contributed by atoms with Gasteiger partial charge in [-0.05, 0) is 24.6 Å². The van der Waals surface area contributed by atoms with Gasteiger partial charge >= 0.3 is 12.0 Å². The number of hydrogen-bond acceptors (Lipinski definition) is 3. The number of nitrogens with zero attached hydrogens (tertiary/aromatic N) is 2. The van der Waals surface area contributed by atoms with Gasteiger partial charge in [0.25, 0.3) is 0 Å². The summed E-state index contributed by atoms with van der Waals surface area (Å²) in [6, 6.07) is 6.27. The fraction of sp³-hybridized carbons (Fsp3) is 0.308. The van der Waals surface area contributed by atoms with Gasteiger partial charge in [-0.2, -0.15) is 5.26 Å². The van der Waals surface area contributed by atoms with Crippen molar-refractivity contribution in [3.63, 3.8) is 0 Å². The van der Waals surface area contributed by atoms with Crippen molar-refractivity contribution in [1.82, 2.24) is 4.90 Å². The number of aromatic carboxylic acids is 1. The molecule has 100 valence electrons. The van der Waals surface area contributed by atoms with Crippen LogP contribution in [0.15, 0.2) is 18.2 Å². The molecule has 2 amide bonds. The van der Waals surface area contributed by atoms with Crippen LogP contribution in [0.3, 0.4) is 0 Å². The van der Waals surface area contributed by atoms with Gasteiger partial charge in [0.1, 0.15) is 0 Å². The smallest absolute Gasteiger partial charge is 0.336 e. The number of nitrogens with one attached hydrogen (secondary N) is 1. The van der Waals surface area contributed by atoms with Crippen molar-refractivity contribution in [2.75, 3.05) is 18.9 Å². The molecule has 0 heterocycles. The Morgan fingerprint density at radius 3 is 2.74 bits per heavy atom. The zero-order valence-electron chi connectivity index (χ0n) is 10.8. The van der Waals surface area contributed by atoms with Crippen molar-refractivity contribution in [3.8, 4) is 6.07 Å². The lowest BCUT2D eigenvalue weighted by Crippen LogP contribution is -2.32. The highest BCUT2D eigenvalue weighted by Gasteiger charge is 2.13. The van der Waals surface area contributed by atoms with Crippen molar-refractivity contribution < 1.29 is 14.7 Å². The summed E-state index contributed by atoms with van der Waals surface area (Å²) in [6.07, 6.45) is 0.248. The molecule has 6 heteroatoms. The molecule has 0 atom stereocenters. The molecule has 0 saturated carbocycles. The van der Waals surface area contributed by atoms with Crippen molar-refractivity contribution in [1.29, 1.82) is 5.26 Å². The van der Waals surface area contributed by atoms with Crippen molar-refractivity contribution in [3.05, 3.63) is 29.3 Å². The van der Waals surface area contributed by atoms with E-state index in [9.17, 15) is 9.59 Å². The van der Waals surface area contributed by atoms with Crippen LogP contribution in [0.25, 0.3) is 0 Å². The molecule has 6 nitrogen and oxygen atoms in total. The first kappa shape index (κ1) is 14.5. The summed E-state index contributed by atoms with van der Waals surface area (Å²) in [5, 5.41) is 20.1. The number of amides is 2. The van der Waals surface area contributed by atoms with E-state index in [1.165, 1.54) is 11.0 Å². The minimum Gasteiger partial charge on any atom is -0.478 e. The Hall–Kier alpha value is -2.55. The van der Waals surface area contributed by atoms with Gasteiger partial charge in [-0.1, -0.05) is 6.07 Å². The van der Waals surface area contributed by atoms with E-state index >= 15 is 0 Å². The number of hydrogen-bond donors (Lipinski definition) is 2. The summed E-state index contributed by atoms with van der Waals surface area (Å²) in [5.41, 5.74) is 1.10. The molecule has 1 aromatic carbocycles. The first-order valence-electron chi connectivity index (χ1n) is 5.69. The predicted molar refractivity (Wildman–Crippen MR) is 70.0 cm³/mol. The summed E-state index contributed by atoms with van der Waals surface area (Å²) in [4.78, 5) is 24.2. The summed E-state index contributed by atoms with van der Waals surface area (Å²) in [5.74, 6) is -1.04. The maximum absolute atomic E-state index is 11.8. The van der Waals surface area contributed by atoms with Gasteiger partial charge in [-0.25, -0.2) is 9.59 Å². The van der Waals surface area contributed by atoms with Gasteiger partial charge < -0.3 is 15.3 Å². The SMILES string of the molecule is Cc1c(NC(=O)N(C)CCC#N)cccc1C(=O)O. The minimum atomic E-state index is -1.04. The van der Waals surface area contributed by atoms with Gasteiger partial charge in [0, 0.05) is 19.3 Å². The Labute approximate surface area is 111 Å². The fourth-order valence-electron chi connectivity index (χ4n) is 1.53. The molecule has 0 fully saturated rings. The largest absolute Gasteiger partial charge is 0.478 e. The molecule has 0 unspecified atom stereocenters. The van der Waals surface area contributed by atoms with E-state index in [0.29, 0.717) is 17.8 Å². The predicted octanol–water partition coefficient (Wildman–Crippen LogP) is 2.07. The molecule has 0 radical (unpaired) electrons. The molecule has 1 aromatic rings. The van der Waals surface area contributed by atoms with Gasteiger partial charge in [-0.3, -0.25) is 0 Å². The molecule has 19 heavy (non-hydrogen) atoms. The molecule has 0 bridgehead atoms. The van der Waals surface area contributed by atoms with Crippen LogP contribution in [-0.2, 0) is 0 Å². The summed E-state index contributed by atoms with van der Waals surface area (Å²) >= 11 is 0. The van der Waals surface area contributed by atoms with Crippen LogP contribution in [0.2, 0.25) is 0 Å². The number of urea groups is 1. The maximum Gasteiger partial charge on any atom is 0.336 e. The third kappa shape index (κ3) is 3.71. The van der Waals surface area contributed by atoms with Crippen LogP contribution in [0.5, 0.6) is 0 Å². The normalized spacial score (nSPS) is 9.53. The first-order valence-corrected chi connectivity index (χ1v) is 5.69. The highest BCUT2D eigenvalue weighted by molar-refractivity contribution is 5.95. The zero-order valence-corrected chi connectivity index (χ0v) is 10.8. The molecule has 1 rings (SSSR count). The molecule has 0 aliphatic heterocycles. The number of nitriles is 1. The molecule has 0 spiro atoms. The zero-order chi connectivity index (χ0) is 14.4. The standard InChI is InChI=1S/C13H15N3O3/c1-9-10(12(17)18)5-3-6-11(9)15-13(19)16(2)8-4-7-14/h3,5-6H,4,8H2,1-2H3,(H,15,19)(H,17,18). The number of carboxylic acid groups (broad SMARTS) is 1. The van der Waals surface area contributed by atoms with Crippen LogP contribution < -0.4 is 5.32 Å². The van der Waals surface area contributed by atoms with E-state index in [2.05, 4.69) is 5.32 Å². The summed E-state index contributed by atoms with van der Waals surface area (Å²) < 4.78 is 0. The maximum atomic E-state index is 11.8. The molecular weight excluding hydrogens is 246 g/mol. The highest BCUT2D eigenvalue weighted by atomic mass is 16.4. The molecule has 0 saturated heterocycles. The van der Waals surface area contributed by atoms with E-state index in [0.717, 1.165) is 0 Å². The Morgan fingerprint density at radius 1 is 1.47 bits per heavy atom. The second kappa shape index (κ2) is 6.40. The molecule has 0 aliphatic carbocycles. The number of carbonyl (C=O) groups excluding carboxylic acids is 1. The van der Waals surface area contributed by atoms with Crippen molar-refractivity contribution >= 4 is 17.7 Å². The average molecular weight is 261 g/mol.